The molecular formula is C19H28N2O. The van der Waals surface area contributed by atoms with Crippen LogP contribution in [-0.2, 0) is 5.41 Å². The number of amides is 2. The van der Waals surface area contributed by atoms with Crippen LogP contribution in [0.1, 0.15) is 45.6 Å². The van der Waals surface area contributed by atoms with Gasteiger partial charge in [-0.2, -0.15) is 0 Å². The molecule has 3 heteroatoms. The van der Waals surface area contributed by atoms with E-state index in [0.717, 1.165) is 24.9 Å². The number of hydrogen-bond acceptors (Lipinski definition) is 1. The van der Waals surface area contributed by atoms with Gasteiger partial charge in [0.25, 0.3) is 0 Å². The Kier molecular flexibility index (Phi) is 4.16. The lowest BCUT2D eigenvalue weighted by molar-refractivity contribution is 0.0499. The van der Waals surface area contributed by atoms with E-state index < -0.39 is 0 Å². The smallest absolute Gasteiger partial charge is 0.317 e. The summed E-state index contributed by atoms with van der Waals surface area (Å²) in [4.78, 5) is 14.4. The fourth-order valence-electron chi connectivity index (χ4n) is 3.46. The first-order chi connectivity index (χ1) is 10.5. The van der Waals surface area contributed by atoms with E-state index in [9.17, 15) is 4.79 Å². The molecule has 1 saturated carbocycles. The van der Waals surface area contributed by atoms with Gasteiger partial charge in [0.15, 0.2) is 0 Å². The number of urea groups is 1. The number of nitrogens with zero attached hydrogens (tertiary/aromatic N) is 1. The van der Waals surface area contributed by atoms with Gasteiger partial charge in [0, 0.05) is 24.5 Å². The van der Waals surface area contributed by atoms with Crippen molar-refractivity contribution in [2.45, 2.75) is 51.5 Å². The maximum Gasteiger partial charge on any atom is 0.317 e. The molecule has 2 fully saturated rings. The third-order valence-corrected chi connectivity index (χ3v) is 5.95. The number of likely N-dealkylation sites (tertiary alicyclic amines) is 1. The minimum Gasteiger partial charge on any atom is -0.335 e. The van der Waals surface area contributed by atoms with Crippen molar-refractivity contribution in [2.75, 3.05) is 13.1 Å². The Labute approximate surface area is 134 Å². The van der Waals surface area contributed by atoms with Crippen LogP contribution in [0.25, 0.3) is 0 Å². The lowest BCUT2D eigenvalue weighted by Gasteiger charge is -2.47. The summed E-state index contributed by atoms with van der Waals surface area (Å²) in [5, 5.41) is 3.20. The molecule has 22 heavy (non-hydrogen) atoms. The Morgan fingerprint density at radius 3 is 2.36 bits per heavy atom. The van der Waals surface area contributed by atoms with Crippen LogP contribution in [0.3, 0.4) is 0 Å². The average Bonchev–Trinajstić information content (AvgIpc) is 2.40. The van der Waals surface area contributed by atoms with Crippen molar-refractivity contribution in [1.82, 2.24) is 10.2 Å². The molecule has 1 N–H and O–H groups in total. The zero-order valence-electron chi connectivity index (χ0n) is 14.0. The van der Waals surface area contributed by atoms with E-state index in [1.807, 2.05) is 11.0 Å². The monoisotopic (exact) mass is 300 g/mol. The summed E-state index contributed by atoms with van der Waals surface area (Å²) in [5.41, 5.74) is 1.19. The number of carbonyl (C=O) groups excluding carboxylic acids is 1. The zero-order valence-corrected chi connectivity index (χ0v) is 14.0. The largest absolute Gasteiger partial charge is 0.335 e. The quantitative estimate of drug-likeness (QED) is 0.901. The van der Waals surface area contributed by atoms with Gasteiger partial charge in [-0.05, 0) is 24.3 Å². The highest BCUT2D eigenvalue weighted by atomic mass is 16.2. The van der Waals surface area contributed by atoms with Gasteiger partial charge < -0.3 is 10.2 Å². The maximum absolute atomic E-state index is 12.4. The van der Waals surface area contributed by atoms with Crippen molar-refractivity contribution < 1.29 is 4.79 Å². The van der Waals surface area contributed by atoms with Crippen molar-refractivity contribution >= 4 is 6.03 Å². The fraction of sp³-hybridized carbons (Fsp3) is 0.632. The SMILES string of the molecule is CC(NC(=O)N1CC(C2CCC2)C1)C(C)(C)c1ccccc1. The molecule has 0 aromatic heterocycles. The van der Waals surface area contributed by atoms with Gasteiger partial charge in [-0.1, -0.05) is 63.4 Å². The van der Waals surface area contributed by atoms with Crippen LogP contribution in [0.5, 0.6) is 0 Å². The second-order valence-corrected chi connectivity index (χ2v) is 7.61. The third kappa shape index (κ3) is 2.86. The van der Waals surface area contributed by atoms with E-state index in [1.165, 1.54) is 24.8 Å². The van der Waals surface area contributed by atoms with E-state index >= 15 is 0 Å². The van der Waals surface area contributed by atoms with Crippen LogP contribution < -0.4 is 5.32 Å². The van der Waals surface area contributed by atoms with Gasteiger partial charge in [-0.25, -0.2) is 4.79 Å². The van der Waals surface area contributed by atoms with Gasteiger partial charge in [0.05, 0.1) is 0 Å². The number of hydrogen-bond donors (Lipinski definition) is 1. The maximum atomic E-state index is 12.4. The van der Waals surface area contributed by atoms with E-state index in [0.29, 0.717) is 0 Å². The predicted octanol–water partition coefficient (Wildman–Crippen LogP) is 3.79. The second-order valence-electron chi connectivity index (χ2n) is 7.61. The van der Waals surface area contributed by atoms with Crippen molar-refractivity contribution in [3.63, 3.8) is 0 Å². The van der Waals surface area contributed by atoms with Crippen LogP contribution in [-0.4, -0.2) is 30.1 Å². The molecule has 120 valence electrons. The van der Waals surface area contributed by atoms with Gasteiger partial charge in [-0.3, -0.25) is 0 Å². The lowest BCUT2D eigenvalue weighted by Crippen LogP contribution is -2.59. The Morgan fingerprint density at radius 2 is 1.82 bits per heavy atom. The summed E-state index contributed by atoms with van der Waals surface area (Å²) in [6.07, 6.45) is 4.13. The summed E-state index contributed by atoms with van der Waals surface area (Å²) < 4.78 is 0. The molecular weight excluding hydrogens is 272 g/mol. The summed E-state index contributed by atoms with van der Waals surface area (Å²) in [6, 6.07) is 10.6. The van der Waals surface area contributed by atoms with Crippen LogP contribution in [0, 0.1) is 11.8 Å². The molecule has 1 aromatic carbocycles. The molecule has 1 atom stereocenters. The number of rotatable bonds is 4. The number of benzene rings is 1. The van der Waals surface area contributed by atoms with Crippen molar-refractivity contribution in [1.29, 1.82) is 0 Å². The summed E-state index contributed by atoms with van der Waals surface area (Å²) in [5.74, 6) is 1.65. The molecule has 2 amide bonds. The minimum atomic E-state index is -0.0742. The summed E-state index contributed by atoms with van der Waals surface area (Å²) in [7, 11) is 0. The average molecular weight is 300 g/mol. The minimum absolute atomic E-state index is 0.0742. The standard InChI is InChI=1S/C19H28N2O/c1-14(19(2,3)17-10-5-4-6-11-17)20-18(22)21-12-16(13-21)15-8-7-9-15/h4-6,10-11,14-16H,7-9,12-13H2,1-3H3,(H,20,22). The molecule has 3 rings (SSSR count). The third-order valence-electron chi connectivity index (χ3n) is 5.95. The molecule has 1 saturated heterocycles. The Morgan fingerprint density at radius 1 is 1.18 bits per heavy atom. The molecule has 1 aromatic rings. The highest BCUT2D eigenvalue weighted by molar-refractivity contribution is 5.75. The molecule has 1 aliphatic heterocycles. The summed E-state index contributed by atoms with van der Waals surface area (Å²) in [6.45, 7) is 8.40. The molecule has 0 spiro atoms. The van der Waals surface area contributed by atoms with Crippen LogP contribution in [0.15, 0.2) is 30.3 Å². The predicted molar refractivity (Wildman–Crippen MR) is 89.9 cm³/mol. The van der Waals surface area contributed by atoms with Crippen LogP contribution >= 0.6 is 0 Å². The Hall–Kier alpha value is -1.51. The van der Waals surface area contributed by atoms with Gasteiger partial charge >= 0.3 is 6.03 Å². The molecule has 0 bridgehead atoms. The van der Waals surface area contributed by atoms with E-state index in [4.69, 9.17) is 0 Å². The molecule has 1 unspecified atom stereocenters. The van der Waals surface area contributed by atoms with Crippen molar-refractivity contribution in [2.24, 2.45) is 11.8 Å². The second kappa shape index (κ2) is 5.94. The Bertz CT molecular complexity index is 515. The lowest BCUT2D eigenvalue weighted by atomic mass is 9.72. The van der Waals surface area contributed by atoms with Crippen LogP contribution in [0.4, 0.5) is 4.79 Å². The topological polar surface area (TPSA) is 32.3 Å². The molecule has 1 heterocycles. The zero-order chi connectivity index (χ0) is 15.7. The molecule has 2 aliphatic rings. The molecule has 0 radical (unpaired) electrons. The molecule has 1 aliphatic carbocycles. The van der Waals surface area contributed by atoms with E-state index in [1.54, 1.807) is 0 Å². The van der Waals surface area contributed by atoms with Crippen molar-refractivity contribution in [3.05, 3.63) is 35.9 Å². The first kappa shape index (κ1) is 15.4. The van der Waals surface area contributed by atoms with E-state index in [2.05, 4.69) is 50.4 Å². The first-order valence-corrected chi connectivity index (χ1v) is 8.59. The molecule has 3 nitrogen and oxygen atoms in total. The van der Waals surface area contributed by atoms with Crippen molar-refractivity contribution in [3.8, 4) is 0 Å². The van der Waals surface area contributed by atoms with Gasteiger partial charge in [-0.15, -0.1) is 0 Å². The number of carbonyl (C=O) groups is 1. The van der Waals surface area contributed by atoms with Crippen LogP contribution in [0.2, 0.25) is 0 Å². The van der Waals surface area contributed by atoms with Gasteiger partial charge in [0.1, 0.15) is 0 Å². The highest BCUT2D eigenvalue weighted by Gasteiger charge is 2.39. The van der Waals surface area contributed by atoms with Gasteiger partial charge in [0.2, 0.25) is 0 Å². The normalized spacial score (nSPS) is 21.0. The van der Waals surface area contributed by atoms with E-state index in [-0.39, 0.29) is 17.5 Å². The Balaban J connectivity index is 1.53. The number of nitrogens with one attached hydrogen (secondary N) is 1. The summed E-state index contributed by atoms with van der Waals surface area (Å²) >= 11 is 0. The highest BCUT2D eigenvalue weighted by Crippen LogP contribution is 2.38. The first-order valence-electron chi connectivity index (χ1n) is 8.59. The fourth-order valence-corrected chi connectivity index (χ4v) is 3.46.